The third-order valence-corrected chi connectivity index (χ3v) is 6.39. The lowest BCUT2D eigenvalue weighted by molar-refractivity contribution is -0.141. The lowest BCUT2D eigenvalue weighted by Crippen LogP contribution is -2.54. The highest BCUT2D eigenvalue weighted by Gasteiger charge is 2.43. The maximum Gasteiger partial charge on any atom is 0.408 e. The maximum absolute atomic E-state index is 13.8. The molecule has 37 heavy (non-hydrogen) atoms. The molecule has 8 heteroatoms. The molecule has 0 aliphatic heterocycles. The number of nitrogens with zero attached hydrogens (tertiary/aromatic N) is 1. The largest absolute Gasteiger partial charge is 0.444 e. The minimum absolute atomic E-state index is 0.0646. The van der Waals surface area contributed by atoms with E-state index in [4.69, 9.17) is 4.74 Å². The van der Waals surface area contributed by atoms with Gasteiger partial charge in [0.2, 0.25) is 5.91 Å². The molecule has 1 aliphatic rings. The molecule has 2 atom stereocenters. The summed E-state index contributed by atoms with van der Waals surface area (Å²) in [6.07, 6.45) is 0.862. The van der Waals surface area contributed by atoms with Crippen LogP contribution in [0.15, 0.2) is 72.8 Å². The van der Waals surface area contributed by atoms with E-state index in [1.54, 1.807) is 25.7 Å². The summed E-state index contributed by atoms with van der Waals surface area (Å²) in [5.74, 6) is -0.627. The fraction of sp³-hybridized carbons (Fsp3) is 0.345. The predicted octanol–water partition coefficient (Wildman–Crippen LogP) is 5.33. The van der Waals surface area contributed by atoms with Crippen LogP contribution in [0.25, 0.3) is 10.8 Å². The van der Waals surface area contributed by atoms with Crippen LogP contribution < -0.4 is 10.6 Å². The molecule has 3 aromatic carbocycles. The van der Waals surface area contributed by atoms with Gasteiger partial charge in [-0.05, 0) is 62.1 Å². The number of nitrogens with one attached hydrogen (secondary N) is 2. The zero-order valence-corrected chi connectivity index (χ0v) is 22.2. The van der Waals surface area contributed by atoms with Crippen LogP contribution in [0.5, 0.6) is 0 Å². The quantitative estimate of drug-likeness (QED) is 0.351. The van der Waals surface area contributed by atoms with Crippen LogP contribution >= 0.6 is 12.6 Å². The zero-order chi connectivity index (χ0) is 26.6. The minimum Gasteiger partial charge on any atom is -0.444 e. The molecule has 2 unspecified atom stereocenters. The predicted molar refractivity (Wildman–Crippen MR) is 149 cm³/mol. The second-order valence-electron chi connectivity index (χ2n) is 10.2. The molecule has 0 bridgehead atoms. The van der Waals surface area contributed by atoms with Crippen molar-refractivity contribution in [1.82, 2.24) is 10.2 Å². The summed E-state index contributed by atoms with van der Waals surface area (Å²) in [5, 5.41) is 7.73. The Morgan fingerprint density at radius 1 is 0.973 bits per heavy atom. The molecule has 0 saturated heterocycles. The number of thiol groups is 1. The number of carbonyl (C=O) groups excluding carboxylic acids is 3. The maximum atomic E-state index is 13.8. The minimum atomic E-state index is -0.946. The molecule has 7 nitrogen and oxygen atoms in total. The lowest BCUT2D eigenvalue weighted by atomic mass is 10.0. The average Bonchev–Trinajstić information content (AvgIpc) is 3.70. The Hall–Kier alpha value is -3.52. The highest BCUT2D eigenvalue weighted by molar-refractivity contribution is 7.80. The Morgan fingerprint density at radius 3 is 2.24 bits per heavy atom. The van der Waals surface area contributed by atoms with E-state index >= 15 is 0 Å². The van der Waals surface area contributed by atoms with Gasteiger partial charge in [0.1, 0.15) is 17.7 Å². The van der Waals surface area contributed by atoms with Crippen molar-refractivity contribution in [2.45, 2.75) is 57.3 Å². The molecule has 0 radical (unpaired) electrons. The number of hydrogen-bond acceptors (Lipinski definition) is 5. The standard InChI is InChI=1S/C29H33N3O4S/c1-29(2,3)36-28(35)31-24(18-37)27(34)32(23-15-16-23)25(20-10-5-4-6-11-20)26(33)30-22-14-13-19-9-7-8-12-21(19)17-22/h4-14,17,23-25,37H,15-16,18H2,1-3H3,(H,30,33)(H,31,35). The number of ether oxygens (including phenoxy) is 1. The first-order valence-electron chi connectivity index (χ1n) is 12.4. The van der Waals surface area contributed by atoms with Crippen molar-refractivity contribution in [2.24, 2.45) is 0 Å². The average molecular weight is 520 g/mol. The van der Waals surface area contributed by atoms with Crippen LogP contribution in [0.4, 0.5) is 10.5 Å². The smallest absolute Gasteiger partial charge is 0.408 e. The van der Waals surface area contributed by atoms with Crippen molar-refractivity contribution < 1.29 is 19.1 Å². The number of fused-ring (bicyclic) bond motifs is 1. The van der Waals surface area contributed by atoms with Crippen LogP contribution in [-0.2, 0) is 14.3 Å². The highest BCUT2D eigenvalue weighted by Crippen LogP contribution is 2.36. The molecule has 1 aliphatic carbocycles. The van der Waals surface area contributed by atoms with Gasteiger partial charge in [-0.2, -0.15) is 12.6 Å². The molecule has 3 aromatic rings. The summed E-state index contributed by atoms with van der Waals surface area (Å²) in [4.78, 5) is 41.7. The van der Waals surface area contributed by atoms with Gasteiger partial charge >= 0.3 is 6.09 Å². The van der Waals surface area contributed by atoms with Crippen molar-refractivity contribution in [3.63, 3.8) is 0 Å². The number of anilines is 1. The van der Waals surface area contributed by atoms with Crippen molar-refractivity contribution in [3.05, 3.63) is 78.4 Å². The molecule has 0 aromatic heterocycles. The number of amides is 3. The third kappa shape index (κ3) is 6.83. The summed E-state index contributed by atoms with van der Waals surface area (Å²) < 4.78 is 5.35. The van der Waals surface area contributed by atoms with Crippen molar-refractivity contribution >= 4 is 47.0 Å². The number of alkyl carbamates (subject to hydrolysis) is 1. The first-order valence-corrected chi connectivity index (χ1v) is 13.1. The fourth-order valence-corrected chi connectivity index (χ4v) is 4.48. The van der Waals surface area contributed by atoms with E-state index in [0.717, 1.165) is 23.6 Å². The molecule has 0 heterocycles. The highest BCUT2D eigenvalue weighted by atomic mass is 32.1. The van der Waals surface area contributed by atoms with E-state index in [9.17, 15) is 14.4 Å². The summed E-state index contributed by atoms with van der Waals surface area (Å²) in [7, 11) is 0. The van der Waals surface area contributed by atoms with Gasteiger partial charge < -0.3 is 20.3 Å². The third-order valence-electron chi connectivity index (χ3n) is 6.03. The van der Waals surface area contributed by atoms with Gasteiger partial charge in [0.25, 0.3) is 5.91 Å². The normalized spacial score (nSPS) is 14.9. The van der Waals surface area contributed by atoms with E-state index in [2.05, 4.69) is 23.3 Å². The SMILES string of the molecule is CC(C)(C)OC(=O)NC(CS)C(=O)N(C1CC1)C(C(=O)Nc1ccc2ccccc2c1)c1ccccc1. The Morgan fingerprint density at radius 2 is 1.62 bits per heavy atom. The summed E-state index contributed by atoms with van der Waals surface area (Å²) in [6, 6.07) is 20.9. The van der Waals surface area contributed by atoms with Crippen LogP contribution in [0.1, 0.15) is 45.2 Å². The van der Waals surface area contributed by atoms with Crippen molar-refractivity contribution in [3.8, 4) is 0 Å². The Bertz CT molecular complexity index is 1270. The molecule has 1 fully saturated rings. The van der Waals surface area contributed by atoms with Gasteiger partial charge in [0.05, 0.1) is 0 Å². The summed E-state index contributed by atoms with van der Waals surface area (Å²) >= 11 is 4.33. The molecule has 0 spiro atoms. The summed E-state index contributed by atoms with van der Waals surface area (Å²) in [5.41, 5.74) is 0.623. The van der Waals surface area contributed by atoms with E-state index in [1.165, 1.54) is 0 Å². The van der Waals surface area contributed by atoms with Gasteiger partial charge in [-0.1, -0.05) is 60.7 Å². The fourth-order valence-electron chi connectivity index (χ4n) is 4.24. The number of benzene rings is 3. The van der Waals surface area contributed by atoms with Crippen LogP contribution in [-0.4, -0.2) is 46.2 Å². The topological polar surface area (TPSA) is 87.7 Å². The second-order valence-corrected chi connectivity index (χ2v) is 10.6. The second kappa shape index (κ2) is 11.3. The van der Waals surface area contributed by atoms with E-state index in [-0.39, 0.29) is 23.6 Å². The van der Waals surface area contributed by atoms with Gasteiger partial charge in [-0.3, -0.25) is 9.59 Å². The zero-order valence-electron chi connectivity index (χ0n) is 21.3. The van der Waals surface area contributed by atoms with E-state index < -0.39 is 23.8 Å². The number of hydrogen-bond donors (Lipinski definition) is 3. The number of carbonyl (C=O) groups is 3. The van der Waals surface area contributed by atoms with Gasteiger partial charge in [-0.25, -0.2) is 4.79 Å². The first kappa shape index (κ1) is 26.5. The molecular weight excluding hydrogens is 486 g/mol. The van der Waals surface area contributed by atoms with Gasteiger partial charge in [0.15, 0.2) is 0 Å². The Balaban J connectivity index is 1.63. The summed E-state index contributed by atoms with van der Waals surface area (Å²) in [6.45, 7) is 5.26. The first-order chi connectivity index (χ1) is 17.7. The van der Waals surface area contributed by atoms with Crippen molar-refractivity contribution in [2.75, 3.05) is 11.1 Å². The Labute approximate surface area is 223 Å². The molecule has 1 saturated carbocycles. The lowest BCUT2D eigenvalue weighted by Gasteiger charge is -2.34. The Kier molecular flexibility index (Phi) is 8.07. The van der Waals surface area contributed by atoms with Crippen LogP contribution in [0.2, 0.25) is 0 Å². The van der Waals surface area contributed by atoms with E-state index in [1.807, 2.05) is 72.8 Å². The molecule has 3 amide bonds. The molecule has 2 N–H and O–H groups in total. The van der Waals surface area contributed by atoms with Crippen LogP contribution in [0, 0.1) is 0 Å². The van der Waals surface area contributed by atoms with E-state index in [0.29, 0.717) is 11.3 Å². The van der Waals surface area contributed by atoms with Crippen molar-refractivity contribution in [1.29, 1.82) is 0 Å². The number of rotatable bonds is 8. The molecule has 194 valence electrons. The molecular formula is C29H33N3O4S. The monoisotopic (exact) mass is 519 g/mol. The van der Waals surface area contributed by atoms with Gasteiger partial charge in [0, 0.05) is 17.5 Å². The van der Waals surface area contributed by atoms with Gasteiger partial charge in [-0.15, -0.1) is 0 Å². The molecule has 4 rings (SSSR count). The van der Waals surface area contributed by atoms with Crippen LogP contribution in [0.3, 0.4) is 0 Å².